The number of benzene rings is 2. The summed E-state index contributed by atoms with van der Waals surface area (Å²) in [4.78, 5) is 12.0. The van der Waals surface area contributed by atoms with Crippen LogP contribution in [0.4, 0.5) is 0 Å². The monoisotopic (exact) mass is 318 g/mol. The Morgan fingerprint density at radius 2 is 1.89 bits per heavy atom. The first-order valence-electron chi connectivity index (χ1n) is 5.99. The molecule has 0 saturated heterocycles. The molecular formula is C15H15BrN2O. The van der Waals surface area contributed by atoms with Crippen LogP contribution in [-0.2, 0) is 11.3 Å². The van der Waals surface area contributed by atoms with E-state index in [1.807, 2.05) is 54.6 Å². The highest BCUT2D eigenvalue weighted by Crippen LogP contribution is 2.12. The topological polar surface area (TPSA) is 55.1 Å². The van der Waals surface area contributed by atoms with Crippen LogP contribution in [0.25, 0.3) is 0 Å². The van der Waals surface area contributed by atoms with Crippen LogP contribution < -0.4 is 11.1 Å². The first kappa shape index (κ1) is 13.8. The second kappa shape index (κ2) is 6.50. The summed E-state index contributed by atoms with van der Waals surface area (Å²) in [6.07, 6.45) is 0. The van der Waals surface area contributed by atoms with Gasteiger partial charge in [-0.05, 0) is 23.3 Å². The number of carbonyl (C=O) groups is 1. The third-order valence-corrected chi connectivity index (χ3v) is 3.29. The third kappa shape index (κ3) is 3.91. The van der Waals surface area contributed by atoms with Gasteiger partial charge in [0.15, 0.2) is 0 Å². The van der Waals surface area contributed by atoms with Crippen LogP contribution in [0, 0.1) is 0 Å². The van der Waals surface area contributed by atoms with Crippen molar-refractivity contribution in [2.75, 3.05) is 0 Å². The second-order valence-electron chi connectivity index (χ2n) is 4.24. The van der Waals surface area contributed by atoms with Gasteiger partial charge in [-0.3, -0.25) is 4.79 Å². The molecule has 0 spiro atoms. The quantitative estimate of drug-likeness (QED) is 0.910. The lowest BCUT2D eigenvalue weighted by atomic mass is 10.1. The number of hydrogen-bond acceptors (Lipinski definition) is 2. The number of carbonyl (C=O) groups excluding carboxylic acids is 1. The summed E-state index contributed by atoms with van der Waals surface area (Å²) in [6, 6.07) is 16.5. The molecule has 0 saturated carbocycles. The molecule has 2 rings (SSSR count). The van der Waals surface area contributed by atoms with Gasteiger partial charge < -0.3 is 11.1 Å². The predicted octanol–water partition coefficient (Wildman–Crippen LogP) is 2.77. The molecule has 0 heterocycles. The average Bonchev–Trinajstić information content (AvgIpc) is 2.45. The minimum Gasteiger partial charge on any atom is -0.350 e. The lowest BCUT2D eigenvalue weighted by molar-refractivity contribution is -0.122. The van der Waals surface area contributed by atoms with Gasteiger partial charge in [-0.15, -0.1) is 0 Å². The summed E-state index contributed by atoms with van der Waals surface area (Å²) in [6.45, 7) is 0.471. The van der Waals surface area contributed by atoms with Gasteiger partial charge in [-0.2, -0.15) is 0 Å². The highest BCUT2D eigenvalue weighted by Gasteiger charge is 2.14. The van der Waals surface area contributed by atoms with Crippen LogP contribution in [-0.4, -0.2) is 5.91 Å². The lowest BCUT2D eigenvalue weighted by Crippen LogP contribution is -2.33. The Morgan fingerprint density at radius 3 is 2.58 bits per heavy atom. The van der Waals surface area contributed by atoms with Crippen molar-refractivity contribution in [3.63, 3.8) is 0 Å². The van der Waals surface area contributed by atoms with Gasteiger partial charge in [0, 0.05) is 11.0 Å². The van der Waals surface area contributed by atoms with Crippen LogP contribution in [0.2, 0.25) is 0 Å². The molecule has 3 nitrogen and oxygen atoms in total. The van der Waals surface area contributed by atoms with Crippen molar-refractivity contribution in [2.24, 2.45) is 5.73 Å². The van der Waals surface area contributed by atoms with E-state index in [-0.39, 0.29) is 5.91 Å². The highest BCUT2D eigenvalue weighted by atomic mass is 79.9. The van der Waals surface area contributed by atoms with E-state index in [1.165, 1.54) is 0 Å². The second-order valence-corrected chi connectivity index (χ2v) is 5.15. The SMILES string of the molecule is N[C@H](C(=O)NCc1cccc(Br)c1)c1ccccc1. The van der Waals surface area contributed by atoms with Crippen LogP contribution in [0.1, 0.15) is 17.2 Å². The van der Waals surface area contributed by atoms with E-state index in [0.29, 0.717) is 6.54 Å². The number of hydrogen-bond donors (Lipinski definition) is 2. The number of rotatable bonds is 4. The van der Waals surface area contributed by atoms with E-state index in [4.69, 9.17) is 5.73 Å². The smallest absolute Gasteiger partial charge is 0.241 e. The summed E-state index contributed by atoms with van der Waals surface area (Å²) < 4.78 is 0.992. The van der Waals surface area contributed by atoms with Crippen LogP contribution in [0.3, 0.4) is 0 Å². The largest absolute Gasteiger partial charge is 0.350 e. The van der Waals surface area contributed by atoms with Crippen molar-refractivity contribution >= 4 is 21.8 Å². The van der Waals surface area contributed by atoms with E-state index in [1.54, 1.807) is 0 Å². The summed E-state index contributed by atoms with van der Waals surface area (Å²) in [7, 11) is 0. The molecule has 1 amide bonds. The third-order valence-electron chi connectivity index (χ3n) is 2.80. The molecule has 0 radical (unpaired) electrons. The zero-order valence-corrected chi connectivity index (χ0v) is 11.9. The molecule has 2 aromatic rings. The molecule has 19 heavy (non-hydrogen) atoms. The number of amides is 1. The number of nitrogens with two attached hydrogens (primary N) is 1. The summed E-state index contributed by atoms with van der Waals surface area (Å²) in [5.41, 5.74) is 7.76. The summed E-state index contributed by atoms with van der Waals surface area (Å²) in [5, 5.41) is 2.84. The van der Waals surface area contributed by atoms with Gasteiger partial charge in [0.05, 0.1) is 0 Å². The minimum atomic E-state index is -0.631. The van der Waals surface area contributed by atoms with Crippen LogP contribution in [0.5, 0.6) is 0 Å². The fourth-order valence-electron chi connectivity index (χ4n) is 1.76. The Kier molecular flexibility index (Phi) is 4.71. The Morgan fingerprint density at radius 1 is 1.16 bits per heavy atom. The molecule has 0 aliphatic carbocycles. The molecule has 0 fully saturated rings. The normalized spacial score (nSPS) is 11.9. The van der Waals surface area contributed by atoms with Crippen LogP contribution in [0.15, 0.2) is 59.1 Å². The van der Waals surface area contributed by atoms with Gasteiger partial charge in [-0.1, -0.05) is 58.4 Å². The summed E-state index contributed by atoms with van der Waals surface area (Å²) >= 11 is 3.40. The maximum absolute atomic E-state index is 12.0. The van der Waals surface area contributed by atoms with Crippen molar-refractivity contribution < 1.29 is 4.79 Å². The summed E-state index contributed by atoms with van der Waals surface area (Å²) in [5.74, 6) is -0.175. The van der Waals surface area contributed by atoms with Crippen molar-refractivity contribution in [2.45, 2.75) is 12.6 Å². The van der Waals surface area contributed by atoms with Gasteiger partial charge in [-0.25, -0.2) is 0 Å². The maximum Gasteiger partial charge on any atom is 0.241 e. The van der Waals surface area contributed by atoms with Gasteiger partial charge >= 0.3 is 0 Å². The highest BCUT2D eigenvalue weighted by molar-refractivity contribution is 9.10. The Balaban J connectivity index is 1.95. The van der Waals surface area contributed by atoms with E-state index in [9.17, 15) is 4.79 Å². The van der Waals surface area contributed by atoms with Crippen LogP contribution >= 0.6 is 15.9 Å². The Labute approximate surface area is 121 Å². The predicted molar refractivity (Wildman–Crippen MR) is 79.4 cm³/mol. The molecule has 0 aliphatic rings. The molecule has 1 atom stereocenters. The number of halogens is 1. The van der Waals surface area contributed by atoms with Gasteiger partial charge in [0.2, 0.25) is 5.91 Å². The first-order valence-corrected chi connectivity index (χ1v) is 6.79. The maximum atomic E-state index is 12.0. The molecule has 0 unspecified atom stereocenters. The minimum absolute atomic E-state index is 0.175. The zero-order chi connectivity index (χ0) is 13.7. The molecule has 0 bridgehead atoms. The van der Waals surface area contributed by atoms with Crippen molar-refractivity contribution in [3.05, 3.63) is 70.2 Å². The molecule has 4 heteroatoms. The van der Waals surface area contributed by atoms with E-state index < -0.39 is 6.04 Å². The molecular weight excluding hydrogens is 304 g/mol. The molecule has 2 aromatic carbocycles. The van der Waals surface area contributed by atoms with Gasteiger partial charge in [0.1, 0.15) is 6.04 Å². The molecule has 0 aromatic heterocycles. The van der Waals surface area contributed by atoms with Gasteiger partial charge in [0.25, 0.3) is 0 Å². The molecule has 0 aliphatic heterocycles. The van der Waals surface area contributed by atoms with Crippen molar-refractivity contribution in [1.82, 2.24) is 5.32 Å². The lowest BCUT2D eigenvalue weighted by Gasteiger charge is -2.12. The fourth-order valence-corrected chi connectivity index (χ4v) is 2.20. The van der Waals surface area contributed by atoms with E-state index in [2.05, 4.69) is 21.2 Å². The first-order chi connectivity index (χ1) is 9.16. The standard InChI is InChI=1S/C15H15BrN2O/c16-13-8-4-5-11(9-13)10-18-15(19)14(17)12-6-2-1-3-7-12/h1-9,14H,10,17H2,(H,18,19)/t14-/m0/s1. The van der Waals surface area contributed by atoms with Crippen molar-refractivity contribution in [3.8, 4) is 0 Å². The fraction of sp³-hybridized carbons (Fsp3) is 0.133. The molecule has 3 N–H and O–H groups in total. The van der Waals surface area contributed by atoms with E-state index >= 15 is 0 Å². The Hall–Kier alpha value is -1.65. The zero-order valence-electron chi connectivity index (χ0n) is 10.3. The average molecular weight is 319 g/mol. The molecule has 98 valence electrons. The van der Waals surface area contributed by atoms with Crippen molar-refractivity contribution in [1.29, 1.82) is 0 Å². The number of nitrogens with one attached hydrogen (secondary N) is 1. The van der Waals surface area contributed by atoms with E-state index in [0.717, 1.165) is 15.6 Å². The Bertz CT molecular complexity index is 557.